The molecule has 0 bridgehead atoms. The van der Waals surface area contributed by atoms with E-state index in [1.165, 1.54) is 12.8 Å². The summed E-state index contributed by atoms with van der Waals surface area (Å²) in [5, 5.41) is 6.15. The van der Waals surface area contributed by atoms with Crippen molar-refractivity contribution in [3.05, 3.63) is 29.8 Å². The number of carbonyl (C=O) groups excluding carboxylic acids is 2. The van der Waals surface area contributed by atoms with Gasteiger partial charge in [0.25, 0.3) is 0 Å². The highest BCUT2D eigenvalue weighted by atomic mass is 16.2. The second-order valence-corrected chi connectivity index (χ2v) is 8.26. The molecule has 4 nitrogen and oxygen atoms in total. The topological polar surface area (TPSA) is 58.2 Å². The third-order valence-electron chi connectivity index (χ3n) is 5.52. The van der Waals surface area contributed by atoms with Gasteiger partial charge in [-0.1, -0.05) is 51.8 Å². The molecule has 4 heteroatoms. The third kappa shape index (κ3) is 3.47. The molecule has 1 aliphatic carbocycles. The van der Waals surface area contributed by atoms with Gasteiger partial charge in [0.05, 0.1) is 5.92 Å². The standard InChI is InChI=1S/C20H28N2O2/c1-20(2,3)15-9-5-7-11-17(15)22-19(24)14-12-18(23)21-16-10-6-4-8-13(14)16/h4,6,8,10,14-15,17H,5,7,9,11-12H2,1-3H3,(H,21,23)(H,22,24). The third-order valence-corrected chi connectivity index (χ3v) is 5.52. The lowest BCUT2D eigenvalue weighted by Crippen LogP contribution is -2.48. The summed E-state index contributed by atoms with van der Waals surface area (Å²) >= 11 is 0. The van der Waals surface area contributed by atoms with Crippen molar-refractivity contribution >= 4 is 17.5 Å². The van der Waals surface area contributed by atoms with E-state index in [-0.39, 0.29) is 35.6 Å². The molecular weight excluding hydrogens is 300 g/mol. The van der Waals surface area contributed by atoms with Gasteiger partial charge in [-0.15, -0.1) is 0 Å². The van der Waals surface area contributed by atoms with Crippen LogP contribution in [0.3, 0.4) is 0 Å². The Morgan fingerprint density at radius 2 is 1.88 bits per heavy atom. The molecule has 1 aliphatic heterocycles. The van der Waals surface area contributed by atoms with E-state index < -0.39 is 0 Å². The fraction of sp³-hybridized carbons (Fsp3) is 0.600. The van der Waals surface area contributed by atoms with Crippen LogP contribution in [0.4, 0.5) is 5.69 Å². The molecule has 3 atom stereocenters. The molecule has 130 valence electrons. The normalized spacial score (nSPS) is 27.1. The van der Waals surface area contributed by atoms with E-state index in [1.807, 2.05) is 24.3 Å². The Kier molecular flexibility index (Phi) is 4.66. The predicted molar refractivity (Wildman–Crippen MR) is 95.8 cm³/mol. The monoisotopic (exact) mass is 328 g/mol. The summed E-state index contributed by atoms with van der Waals surface area (Å²) in [4.78, 5) is 24.9. The minimum atomic E-state index is -0.377. The fourth-order valence-electron chi connectivity index (χ4n) is 4.27. The van der Waals surface area contributed by atoms with Gasteiger partial charge < -0.3 is 10.6 Å². The zero-order valence-corrected chi connectivity index (χ0v) is 14.9. The molecular formula is C20H28N2O2. The van der Waals surface area contributed by atoms with Crippen LogP contribution >= 0.6 is 0 Å². The Morgan fingerprint density at radius 1 is 1.17 bits per heavy atom. The number of benzene rings is 1. The molecule has 0 radical (unpaired) electrons. The molecule has 1 aromatic rings. The van der Waals surface area contributed by atoms with Crippen molar-refractivity contribution in [2.75, 3.05) is 5.32 Å². The number of rotatable bonds is 2. The summed E-state index contributed by atoms with van der Waals surface area (Å²) in [6.07, 6.45) is 4.84. The Hall–Kier alpha value is -1.84. The first-order chi connectivity index (χ1) is 11.4. The van der Waals surface area contributed by atoms with Crippen LogP contribution in [-0.2, 0) is 9.59 Å². The molecule has 0 spiro atoms. The number of para-hydroxylation sites is 1. The summed E-state index contributed by atoms with van der Waals surface area (Å²) in [5.41, 5.74) is 1.88. The van der Waals surface area contributed by atoms with Gasteiger partial charge in [-0.25, -0.2) is 0 Å². The Morgan fingerprint density at radius 3 is 2.62 bits per heavy atom. The number of fused-ring (bicyclic) bond motifs is 1. The first-order valence-corrected chi connectivity index (χ1v) is 9.05. The van der Waals surface area contributed by atoms with Gasteiger partial charge in [0.1, 0.15) is 0 Å². The van der Waals surface area contributed by atoms with Crippen molar-refractivity contribution in [2.45, 2.75) is 64.8 Å². The van der Waals surface area contributed by atoms with Crippen LogP contribution in [0.2, 0.25) is 0 Å². The van der Waals surface area contributed by atoms with E-state index in [4.69, 9.17) is 0 Å². The van der Waals surface area contributed by atoms with Crippen LogP contribution in [-0.4, -0.2) is 17.9 Å². The van der Waals surface area contributed by atoms with Crippen LogP contribution in [0.1, 0.15) is 64.4 Å². The van der Waals surface area contributed by atoms with Crippen molar-refractivity contribution in [2.24, 2.45) is 11.3 Å². The first-order valence-electron chi connectivity index (χ1n) is 9.05. The van der Waals surface area contributed by atoms with Gasteiger partial charge in [0.2, 0.25) is 11.8 Å². The maximum atomic E-state index is 13.0. The summed E-state index contributed by atoms with van der Waals surface area (Å²) < 4.78 is 0. The largest absolute Gasteiger partial charge is 0.353 e. The minimum absolute atomic E-state index is 0.00144. The predicted octanol–water partition coefficient (Wildman–Crippen LogP) is 3.83. The van der Waals surface area contributed by atoms with E-state index in [2.05, 4.69) is 31.4 Å². The second kappa shape index (κ2) is 6.58. The molecule has 2 aliphatic rings. The van der Waals surface area contributed by atoms with Gasteiger partial charge >= 0.3 is 0 Å². The molecule has 3 rings (SSSR count). The van der Waals surface area contributed by atoms with Crippen molar-refractivity contribution in [3.8, 4) is 0 Å². The minimum Gasteiger partial charge on any atom is -0.353 e. The first kappa shape index (κ1) is 17.0. The van der Waals surface area contributed by atoms with Crippen LogP contribution < -0.4 is 10.6 Å². The van der Waals surface area contributed by atoms with Gasteiger partial charge in [-0.2, -0.15) is 0 Å². The summed E-state index contributed by atoms with van der Waals surface area (Å²) in [7, 11) is 0. The zero-order chi connectivity index (χ0) is 17.3. The van der Waals surface area contributed by atoms with Gasteiger partial charge in [-0.05, 0) is 35.8 Å². The van der Waals surface area contributed by atoms with Crippen molar-refractivity contribution < 1.29 is 9.59 Å². The number of hydrogen-bond donors (Lipinski definition) is 2. The Labute approximate surface area is 144 Å². The lowest BCUT2D eigenvalue weighted by atomic mass is 9.69. The maximum absolute atomic E-state index is 13.0. The summed E-state index contributed by atoms with van der Waals surface area (Å²) in [5.74, 6) is 0.0312. The molecule has 1 heterocycles. The van der Waals surface area contributed by atoms with Crippen LogP contribution in [0.5, 0.6) is 0 Å². The fourth-order valence-corrected chi connectivity index (χ4v) is 4.27. The smallest absolute Gasteiger partial charge is 0.228 e. The maximum Gasteiger partial charge on any atom is 0.228 e. The number of carbonyl (C=O) groups is 2. The number of nitrogens with one attached hydrogen (secondary N) is 2. The molecule has 3 unspecified atom stereocenters. The highest BCUT2D eigenvalue weighted by Crippen LogP contribution is 2.39. The van der Waals surface area contributed by atoms with Crippen molar-refractivity contribution in [1.29, 1.82) is 0 Å². The number of amides is 2. The zero-order valence-electron chi connectivity index (χ0n) is 14.9. The van der Waals surface area contributed by atoms with Crippen molar-refractivity contribution in [1.82, 2.24) is 5.32 Å². The van der Waals surface area contributed by atoms with Gasteiger partial charge in [0.15, 0.2) is 0 Å². The second-order valence-electron chi connectivity index (χ2n) is 8.26. The van der Waals surface area contributed by atoms with E-state index in [1.54, 1.807) is 0 Å². The summed E-state index contributed by atoms with van der Waals surface area (Å²) in [6.45, 7) is 6.77. The quantitative estimate of drug-likeness (QED) is 0.867. The molecule has 1 fully saturated rings. The molecule has 0 saturated heterocycles. The molecule has 1 saturated carbocycles. The number of hydrogen-bond acceptors (Lipinski definition) is 2. The highest BCUT2D eigenvalue weighted by Gasteiger charge is 2.37. The Balaban J connectivity index is 1.78. The van der Waals surface area contributed by atoms with Gasteiger partial charge in [0, 0.05) is 18.2 Å². The molecule has 0 aromatic heterocycles. The molecule has 24 heavy (non-hydrogen) atoms. The molecule has 1 aromatic carbocycles. The average Bonchev–Trinajstić information content (AvgIpc) is 2.53. The van der Waals surface area contributed by atoms with Crippen LogP contribution in [0.15, 0.2) is 24.3 Å². The number of anilines is 1. The highest BCUT2D eigenvalue weighted by molar-refractivity contribution is 6.01. The van der Waals surface area contributed by atoms with E-state index >= 15 is 0 Å². The van der Waals surface area contributed by atoms with Crippen molar-refractivity contribution in [3.63, 3.8) is 0 Å². The lowest BCUT2D eigenvalue weighted by molar-refractivity contribution is -0.127. The average molecular weight is 328 g/mol. The van der Waals surface area contributed by atoms with Crippen LogP contribution in [0.25, 0.3) is 0 Å². The lowest BCUT2D eigenvalue weighted by Gasteiger charge is -2.41. The van der Waals surface area contributed by atoms with Crippen LogP contribution in [0, 0.1) is 11.3 Å². The summed E-state index contributed by atoms with van der Waals surface area (Å²) in [6, 6.07) is 7.83. The SMILES string of the molecule is CC(C)(C)C1CCCCC1NC(=O)C1CC(=O)Nc2ccccc21. The van der Waals surface area contributed by atoms with E-state index in [0.29, 0.717) is 5.92 Å². The van der Waals surface area contributed by atoms with Gasteiger partial charge in [-0.3, -0.25) is 9.59 Å². The van der Waals surface area contributed by atoms with E-state index in [9.17, 15) is 9.59 Å². The Bertz CT molecular complexity index is 633. The molecule has 2 N–H and O–H groups in total. The molecule has 2 amide bonds. The van der Waals surface area contributed by atoms with E-state index in [0.717, 1.165) is 24.1 Å².